The Kier molecular flexibility index (Phi) is 16.9. The predicted octanol–water partition coefficient (Wildman–Crippen LogP) is 11.4. The highest BCUT2D eigenvalue weighted by atomic mass is 16.1. The average molecular weight is 568 g/mol. The summed E-state index contributed by atoms with van der Waals surface area (Å²) in [6.07, 6.45) is 38.6. The fourth-order valence-electron chi connectivity index (χ4n) is 4.60. The Labute approximate surface area is 259 Å². The maximum Gasteiger partial charge on any atom is 0.246 e. The van der Waals surface area contributed by atoms with Gasteiger partial charge >= 0.3 is 0 Å². The molecule has 1 amide bonds. The molecule has 1 aliphatic carbocycles. The first-order chi connectivity index (χ1) is 19.9. The smallest absolute Gasteiger partial charge is 0.246 e. The summed E-state index contributed by atoms with van der Waals surface area (Å²) in [6.45, 7) is 19.4. The molecule has 0 spiro atoms. The summed E-state index contributed by atoms with van der Waals surface area (Å²) in [4.78, 5) is 11.6. The van der Waals surface area contributed by atoms with Gasteiger partial charge < -0.3 is 5.32 Å². The van der Waals surface area contributed by atoms with Crippen molar-refractivity contribution in [1.29, 1.82) is 0 Å². The molecule has 0 saturated heterocycles. The third kappa shape index (κ3) is 14.8. The Hall–Kier alpha value is -3.65. The maximum atomic E-state index is 11.6. The van der Waals surface area contributed by atoms with E-state index in [-0.39, 0.29) is 12.7 Å². The van der Waals surface area contributed by atoms with E-state index in [9.17, 15) is 4.79 Å². The van der Waals surface area contributed by atoms with Gasteiger partial charge in [-0.25, -0.2) is 0 Å². The van der Waals surface area contributed by atoms with E-state index in [2.05, 4.69) is 133 Å². The van der Waals surface area contributed by atoms with Crippen molar-refractivity contribution in [3.63, 3.8) is 0 Å². The molecular weight excluding hydrogens is 510 g/mol. The molecule has 42 heavy (non-hydrogen) atoms. The van der Waals surface area contributed by atoms with E-state index in [4.69, 9.17) is 0 Å². The van der Waals surface area contributed by atoms with Crippen LogP contribution in [-0.2, 0) is 4.79 Å². The number of allylic oxidation sites excluding steroid dienone is 23. The lowest BCUT2D eigenvalue weighted by Gasteiger charge is -2.33. The van der Waals surface area contributed by atoms with Crippen molar-refractivity contribution >= 4 is 5.91 Å². The number of nitrogens with one attached hydrogen (secondary N) is 1. The van der Waals surface area contributed by atoms with Crippen molar-refractivity contribution in [1.82, 2.24) is 5.32 Å². The van der Waals surface area contributed by atoms with Gasteiger partial charge in [0, 0.05) is 14.0 Å². The van der Waals surface area contributed by atoms with E-state index in [1.54, 1.807) is 19.5 Å². The molecule has 1 rings (SSSR count). The van der Waals surface area contributed by atoms with Crippen molar-refractivity contribution in [3.8, 4) is 0 Å². The van der Waals surface area contributed by atoms with Crippen LogP contribution in [0.2, 0.25) is 0 Å². The van der Waals surface area contributed by atoms with Crippen LogP contribution in [0.4, 0.5) is 0 Å². The minimum atomic E-state index is -0.0605. The third-order valence-electron chi connectivity index (χ3n) is 7.42. The topological polar surface area (TPSA) is 29.1 Å². The number of hydrogen-bond donors (Lipinski definition) is 1. The quantitative estimate of drug-likeness (QED) is 0.174. The van der Waals surface area contributed by atoms with E-state index in [0.717, 1.165) is 17.6 Å². The number of hydrogen-bond acceptors (Lipinski definition) is 1. The van der Waals surface area contributed by atoms with Crippen LogP contribution in [0.25, 0.3) is 0 Å². The van der Waals surface area contributed by atoms with Crippen molar-refractivity contribution in [3.05, 3.63) is 142 Å². The molecule has 0 aromatic rings. The van der Waals surface area contributed by atoms with Gasteiger partial charge in [-0.15, -0.1) is 0 Å². The van der Waals surface area contributed by atoms with Gasteiger partial charge in [-0.2, -0.15) is 0 Å². The van der Waals surface area contributed by atoms with Gasteiger partial charge in [0.05, 0.1) is 0 Å². The number of amides is 1. The predicted molar refractivity (Wildman–Crippen MR) is 189 cm³/mol. The minimum Gasteiger partial charge on any atom is -0.355 e. The summed E-state index contributed by atoms with van der Waals surface area (Å²) in [5.74, 6) is -0.0605. The molecule has 0 aromatic heterocycles. The Morgan fingerprint density at radius 2 is 1.29 bits per heavy atom. The van der Waals surface area contributed by atoms with Crippen LogP contribution in [0, 0.1) is 5.41 Å². The Bertz CT molecular complexity index is 1290. The zero-order valence-electron chi connectivity index (χ0n) is 28.0. The third-order valence-corrected chi connectivity index (χ3v) is 7.42. The van der Waals surface area contributed by atoms with E-state index in [0.29, 0.717) is 5.57 Å². The molecule has 2 nitrogen and oxygen atoms in total. The second kappa shape index (κ2) is 19.5. The molecule has 1 N–H and O–H groups in total. The van der Waals surface area contributed by atoms with Crippen LogP contribution in [0.1, 0.15) is 89.4 Å². The van der Waals surface area contributed by atoms with Gasteiger partial charge in [0.15, 0.2) is 0 Å². The first-order valence-electron chi connectivity index (χ1n) is 15.3. The number of carbonyl (C=O) groups is 1. The van der Waals surface area contributed by atoms with E-state index < -0.39 is 0 Å². The number of carbonyl (C=O) groups excluding carboxylic acids is 1. The highest BCUT2D eigenvalue weighted by molar-refractivity contribution is 5.92. The van der Waals surface area contributed by atoms with Crippen molar-refractivity contribution in [2.24, 2.45) is 5.41 Å². The van der Waals surface area contributed by atoms with Gasteiger partial charge in [0.25, 0.3) is 0 Å². The van der Waals surface area contributed by atoms with Gasteiger partial charge in [-0.1, -0.05) is 146 Å². The zero-order chi connectivity index (χ0) is 31.5. The Morgan fingerprint density at radius 1 is 0.762 bits per heavy atom. The maximum absolute atomic E-state index is 11.6. The van der Waals surface area contributed by atoms with Crippen LogP contribution < -0.4 is 5.32 Å². The van der Waals surface area contributed by atoms with E-state index in [1.807, 2.05) is 25.2 Å². The molecule has 0 heterocycles. The fraction of sp³-hybridized carbons (Fsp3) is 0.375. The standard InChI is InChI=1S/C40H55NO.H2/c1-11-37(28-29-38-35(6)22-16-30-40(38,8)9)23-15-21-32(3)18-13-12-17-31(2)19-14-20-33(4)24-25-34(5)26-27-36(7)39(42)41-10;/h12-15,17-21,23-29H,11,16,22,30H2,1-10H3,(H,41,42);1H/b13-12+,19-14+,21-15+,25-24+,29-28+,31-17+,32-18+,33-20+,34-26+,36-27+,37-23+;. The molecule has 1 aliphatic rings. The van der Waals surface area contributed by atoms with Crippen molar-refractivity contribution < 1.29 is 6.22 Å². The monoisotopic (exact) mass is 567 g/mol. The molecule has 0 unspecified atom stereocenters. The summed E-state index contributed by atoms with van der Waals surface area (Å²) >= 11 is 0. The molecule has 2 heteroatoms. The van der Waals surface area contributed by atoms with Crippen molar-refractivity contribution in [2.45, 2.75) is 88.0 Å². The molecule has 0 fully saturated rings. The molecule has 0 aliphatic heterocycles. The van der Waals surface area contributed by atoms with E-state index in [1.165, 1.54) is 41.6 Å². The Morgan fingerprint density at radius 3 is 1.83 bits per heavy atom. The molecular formula is C40H57NO. The second-order valence-corrected chi connectivity index (χ2v) is 11.9. The molecule has 228 valence electrons. The molecule has 0 radical (unpaired) electrons. The largest absolute Gasteiger partial charge is 0.355 e. The summed E-state index contributed by atoms with van der Waals surface area (Å²) in [7, 11) is 1.64. The number of rotatable bonds is 13. The molecule has 0 bridgehead atoms. The normalized spacial score (nSPS) is 18.6. The van der Waals surface area contributed by atoms with Crippen LogP contribution >= 0.6 is 0 Å². The van der Waals surface area contributed by atoms with Crippen LogP contribution in [0.15, 0.2) is 142 Å². The fourth-order valence-corrected chi connectivity index (χ4v) is 4.60. The van der Waals surface area contributed by atoms with E-state index >= 15 is 0 Å². The first kappa shape index (κ1) is 36.4. The lowest BCUT2D eigenvalue weighted by atomic mass is 9.72. The van der Waals surface area contributed by atoms with Crippen molar-refractivity contribution in [2.75, 3.05) is 7.05 Å². The Balaban J connectivity index is 0.0000176. The average Bonchev–Trinajstić information content (AvgIpc) is 2.94. The number of likely N-dealkylation sites (N-methyl/N-ethyl adjacent to an activating group) is 1. The zero-order valence-corrected chi connectivity index (χ0v) is 28.0. The summed E-state index contributed by atoms with van der Waals surface area (Å²) < 4.78 is 0. The van der Waals surface area contributed by atoms with Gasteiger partial charge in [-0.3, -0.25) is 4.79 Å². The lowest BCUT2D eigenvalue weighted by molar-refractivity contribution is -0.116. The summed E-state index contributed by atoms with van der Waals surface area (Å²) in [6, 6.07) is 0. The van der Waals surface area contributed by atoms with Gasteiger partial charge in [0.2, 0.25) is 5.91 Å². The lowest BCUT2D eigenvalue weighted by Crippen LogP contribution is -2.19. The highest BCUT2D eigenvalue weighted by Crippen LogP contribution is 2.40. The molecule has 0 saturated carbocycles. The first-order valence-corrected chi connectivity index (χ1v) is 15.3. The van der Waals surface area contributed by atoms with Gasteiger partial charge in [-0.05, 0) is 83.8 Å². The summed E-state index contributed by atoms with van der Waals surface area (Å²) in [5, 5.41) is 2.63. The SMILES string of the molecule is CCC(/C=C/C1=C(C)CCCC1(C)C)=C\C=C\C(C)=C\C=C\C=C(C)\C=C\C=C(C)\C=C\C(C)=C\C=C(/C)C(=O)NC.[HH]. The summed E-state index contributed by atoms with van der Waals surface area (Å²) in [5.41, 5.74) is 10.00. The molecule has 0 atom stereocenters. The van der Waals surface area contributed by atoms with Gasteiger partial charge in [0.1, 0.15) is 0 Å². The van der Waals surface area contributed by atoms with Crippen LogP contribution in [-0.4, -0.2) is 13.0 Å². The second-order valence-electron chi connectivity index (χ2n) is 11.9. The minimum absolute atomic E-state index is 0. The highest BCUT2D eigenvalue weighted by Gasteiger charge is 2.26. The van der Waals surface area contributed by atoms with Crippen LogP contribution in [0.5, 0.6) is 0 Å². The molecule has 0 aromatic carbocycles. The van der Waals surface area contributed by atoms with Crippen LogP contribution in [0.3, 0.4) is 0 Å².